The van der Waals surface area contributed by atoms with Crippen molar-refractivity contribution < 1.29 is 22.7 Å². The molecule has 0 aromatic carbocycles. The van der Waals surface area contributed by atoms with Gasteiger partial charge < -0.3 is 15.0 Å². The molecule has 0 unspecified atom stereocenters. The molecule has 0 aliphatic carbocycles. The Labute approximate surface area is 133 Å². The van der Waals surface area contributed by atoms with Crippen LogP contribution in [0.2, 0.25) is 0 Å². The average Bonchev–Trinajstić information content (AvgIpc) is 3.18. The van der Waals surface area contributed by atoms with Crippen molar-refractivity contribution in [3.8, 4) is 10.8 Å². The number of hydrogen-bond donors (Lipinski definition) is 2. The van der Waals surface area contributed by atoms with E-state index in [9.17, 15) is 18.0 Å². The number of halogens is 3. The van der Waals surface area contributed by atoms with Crippen LogP contribution < -0.4 is 5.32 Å². The zero-order valence-electron chi connectivity index (χ0n) is 11.8. The lowest BCUT2D eigenvalue weighted by molar-refractivity contribution is -0.206. The van der Waals surface area contributed by atoms with Crippen molar-refractivity contribution in [3.63, 3.8) is 0 Å². The quantitative estimate of drug-likeness (QED) is 0.893. The van der Waals surface area contributed by atoms with Crippen molar-refractivity contribution in [1.29, 1.82) is 0 Å². The summed E-state index contributed by atoms with van der Waals surface area (Å²) in [6.07, 6.45) is -1.14. The number of rotatable bonds is 3. The van der Waals surface area contributed by atoms with Crippen LogP contribution in [0, 0.1) is 5.92 Å². The summed E-state index contributed by atoms with van der Waals surface area (Å²) in [6, 6.07) is -1.01. The SMILES string of the molecule is O=C(N[C@H]1CCOC[C@H]1C(F)(F)F)c1csc(-c2ncc[nH]2)n1. The van der Waals surface area contributed by atoms with Crippen molar-refractivity contribution in [2.75, 3.05) is 13.2 Å². The summed E-state index contributed by atoms with van der Waals surface area (Å²) >= 11 is 1.19. The van der Waals surface area contributed by atoms with Gasteiger partial charge in [-0.3, -0.25) is 4.79 Å². The number of ether oxygens (including phenoxy) is 1. The molecule has 2 N–H and O–H groups in total. The number of carbonyl (C=O) groups excluding carboxylic acids is 1. The van der Waals surface area contributed by atoms with Crippen molar-refractivity contribution in [3.05, 3.63) is 23.5 Å². The molecule has 124 valence electrons. The first kappa shape index (κ1) is 15.9. The average molecular weight is 346 g/mol. The normalized spacial score (nSPS) is 22.0. The molecule has 1 amide bonds. The molecule has 2 aromatic heterocycles. The smallest absolute Gasteiger partial charge is 0.381 e. The monoisotopic (exact) mass is 346 g/mol. The van der Waals surface area contributed by atoms with Crippen LogP contribution in [0.4, 0.5) is 13.2 Å². The molecule has 3 heterocycles. The molecule has 3 rings (SSSR count). The Hall–Kier alpha value is -1.94. The summed E-state index contributed by atoms with van der Waals surface area (Å²) in [7, 11) is 0. The van der Waals surface area contributed by atoms with Gasteiger partial charge in [0.25, 0.3) is 5.91 Å². The number of carbonyl (C=O) groups is 1. The van der Waals surface area contributed by atoms with Gasteiger partial charge in [-0.1, -0.05) is 0 Å². The second-order valence-electron chi connectivity index (χ2n) is 5.07. The highest BCUT2D eigenvalue weighted by atomic mass is 32.1. The van der Waals surface area contributed by atoms with E-state index in [2.05, 4.69) is 20.3 Å². The van der Waals surface area contributed by atoms with Crippen molar-refractivity contribution in [2.24, 2.45) is 5.92 Å². The molecule has 0 saturated carbocycles. The summed E-state index contributed by atoms with van der Waals surface area (Å²) in [6.45, 7) is -0.255. The molecule has 23 heavy (non-hydrogen) atoms. The fraction of sp³-hybridized carbons (Fsp3) is 0.462. The Morgan fingerprint density at radius 1 is 1.48 bits per heavy atom. The zero-order chi connectivity index (χ0) is 16.4. The predicted octanol–water partition coefficient (Wildman–Crippen LogP) is 2.23. The summed E-state index contributed by atoms with van der Waals surface area (Å²) < 4.78 is 43.8. The van der Waals surface area contributed by atoms with Crippen LogP contribution in [0.25, 0.3) is 10.8 Å². The molecular weight excluding hydrogens is 333 g/mol. The Bertz CT molecular complexity index is 671. The van der Waals surface area contributed by atoms with Gasteiger partial charge in [0, 0.05) is 30.4 Å². The molecule has 1 saturated heterocycles. The molecule has 0 radical (unpaired) electrons. The van der Waals surface area contributed by atoms with Crippen molar-refractivity contribution in [1.82, 2.24) is 20.3 Å². The van der Waals surface area contributed by atoms with E-state index < -0.39 is 30.7 Å². The lowest BCUT2D eigenvalue weighted by Gasteiger charge is -2.33. The van der Waals surface area contributed by atoms with Crippen LogP contribution in [-0.4, -0.2) is 46.3 Å². The van der Waals surface area contributed by atoms with Gasteiger partial charge in [-0.2, -0.15) is 13.2 Å². The number of nitrogens with zero attached hydrogens (tertiary/aromatic N) is 2. The lowest BCUT2D eigenvalue weighted by atomic mass is 9.95. The number of aromatic amines is 1. The van der Waals surface area contributed by atoms with Gasteiger partial charge in [-0.25, -0.2) is 9.97 Å². The minimum absolute atomic E-state index is 0.0776. The van der Waals surface area contributed by atoms with Crippen LogP contribution >= 0.6 is 11.3 Å². The number of nitrogens with one attached hydrogen (secondary N) is 2. The Kier molecular flexibility index (Phi) is 4.35. The summed E-state index contributed by atoms with van der Waals surface area (Å²) in [4.78, 5) is 23.1. The summed E-state index contributed by atoms with van der Waals surface area (Å²) in [5.41, 5.74) is 0.0776. The molecule has 0 bridgehead atoms. The first-order chi connectivity index (χ1) is 10.9. The number of H-pyrrole nitrogens is 1. The first-order valence-corrected chi connectivity index (χ1v) is 7.73. The van der Waals surface area contributed by atoms with E-state index in [4.69, 9.17) is 4.74 Å². The molecular formula is C13H13F3N4O2S. The maximum atomic E-state index is 13.0. The first-order valence-electron chi connectivity index (χ1n) is 6.86. The van der Waals surface area contributed by atoms with Gasteiger partial charge in [0.15, 0.2) is 10.8 Å². The fourth-order valence-electron chi connectivity index (χ4n) is 2.34. The third-order valence-electron chi connectivity index (χ3n) is 3.53. The summed E-state index contributed by atoms with van der Waals surface area (Å²) in [5, 5.41) is 4.42. The van der Waals surface area contributed by atoms with E-state index in [0.29, 0.717) is 10.8 Å². The van der Waals surface area contributed by atoms with Gasteiger partial charge >= 0.3 is 6.18 Å². The molecule has 1 aliphatic heterocycles. The van der Waals surface area contributed by atoms with Crippen molar-refractivity contribution in [2.45, 2.75) is 18.6 Å². The van der Waals surface area contributed by atoms with E-state index in [1.165, 1.54) is 16.7 Å². The van der Waals surface area contributed by atoms with Crippen LogP contribution in [0.3, 0.4) is 0 Å². The van der Waals surface area contributed by atoms with Crippen molar-refractivity contribution >= 4 is 17.2 Å². The number of hydrogen-bond acceptors (Lipinski definition) is 5. The maximum Gasteiger partial charge on any atom is 0.395 e. The lowest BCUT2D eigenvalue weighted by Crippen LogP contribution is -2.51. The number of thiazole rings is 1. The molecule has 10 heteroatoms. The Balaban J connectivity index is 1.71. The molecule has 2 atom stereocenters. The highest BCUT2D eigenvalue weighted by Gasteiger charge is 2.47. The maximum absolute atomic E-state index is 13.0. The van der Waals surface area contributed by atoms with Crippen LogP contribution in [0.1, 0.15) is 16.9 Å². The number of alkyl halides is 3. The summed E-state index contributed by atoms with van der Waals surface area (Å²) in [5.74, 6) is -1.82. The molecule has 1 aliphatic rings. The molecule has 0 spiro atoms. The molecule has 1 fully saturated rings. The number of aromatic nitrogens is 3. The topological polar surface area (TPSA) is 79.9 Å². The third-order valence-corrected chi connectivity index (χ3v) is 4.38. The van der Waals surface area contributed by atoms with Crippen LogP contribution in [0.5, 0.6) is 0 Å². The van der Waals surface area contributed by atoms with E-state index in [-0.39, 0.29) is 18.7 Å². The van der Waals surface area contributed by atoms with E-state index >= 15 is 0 Å². The minimum Gasteiger partial charge on any atom is -0.381 e. The van der Waals surface area contributed by atoms with E-state index in [1.54, 1.807) is 12.4 Å². The number of imidazole rings is 1. The van der Waals surface area contributed by atoms with Crippen LogP contribution in [-0.2, 0) is 4.74 Å². The van der Waals surface area contributed by atoms with Gasteiger partial charge in [-0.15, -0.1) is 11.3 Å². The Morgan fingerprint density at radius 3 is 3.00 bits per heavy atom. The van der Waals surface area contributed by atoms with Gasteiger partial charge in [0.2, 0.25) is 0 Å². The van der Waals surface area contributed by atoms with Crippen LogP contribution in [0.15, 0.2) is 17.8 Å². The highest BCUT2D eigenvalue weighted by Crippen LogP contribution is 2.32. The standard InChI is InChI=1S/C13H13F3N4O2S/c14-13(15,16)7-5-22-4-1-8(7)19-11(21)9-6-23-12(20-9)10-17-2-3-18-10/h2-3,6-8H,1,4-5H2,(H,17,18)(H,19,21)/t7-,8+/m1/s1. The predicted molar refractivity (Wildman–Crippen MR) is 75.9 cm³/mol. The molecule has 2 aromatic rings. The second-order valence-corrected chi connectivity index (χ2v) is 5.93. The minimum atomic E-state index is -4.42. The van der Waals surface area contributed by atoms with E-state index in [1.807, 2.05) is 0 Å². The van der Waals surface area contributed by atoms with E-state index in [0.717, 1.165) is 0 Å². The zero-order valence-corrected chi connectivity index (χ0v) is 12.6. The number of amides is 1. The molecule has 6 nitrogen and oxygen atoms in total. The second kappa shape index (κ2) is 6.28. The van der Waals surface area contributed by atoms with Gasteiger partial charge in [-0.05, 0) is 6.42 Å². The fourth-order valence-corrected chi connectivity index (χ4v) is 3.10. The van der Waals surface area contributed by atoms with Gasteiger partial charge in [0.1, 0.15) is 5.69 Å². The third kappa shape index (κ3) is 3.53. The Morgan fingerprint density at radius 2 is 2.30 bits per heavy atom. The highest BCUT2D eigenvalue weighted by molar-refractivity contribution is 7.13. The van der Waals surface area contributed by atoms with Gasteiger partial charge in [0.05, 0.1) is 12.5 Å². The largest absolute Gasteiger partial charge is 0.395 e.